The first-order valence-electron chi connectivity index (χ1n) is 3.43. The fourth-order valence-electron chi connectivity index (χ4n) is 0.931. The van der Waals surface area contributed by atoms with Crippen LogP contribution in [0.15, 0.2) is 17.6 Å². The third-order valence-corrected chi connectivity index (χ3v) is 1.47. The number of aryl methyl sites for hydroxylation is 1. The van der Waals surface area contributed by atoms with E-state index in [1.807, 2.05) is 18.5 Å². The van der Waals surface area contributed by atoms with Crippen LogP contribution in [-0.4, -0.2) is 22.3 Å². The smallest absolute Gasteiger partial charge is 0.0948 e. The van der Waals surface area contributed by atoms with E-state index < -0.39 is 0 Å². The highest BCUT2D eigenvalue weighted by Crippen LogP contribution is 1.97. The molecule has 11 heavy (non-hydrogen) atoms. The lowest BCUT2D eigenvalue weighted by atomic mass is 10.3. The third-order valence-electron chi connectivity index (χ3n) is 1.47. The lowest BCUT2D eigenvalue weighted by Gasteiger charge is -1.99. The van der Waals surface area contributed by atoms with Crippen LogP contribution in [0.25, 0.3) is 0 Å². The summed E-state index contributed by atoms with van der Waals surface area (Å²) in [6.07, 6.45) is 3.54. The van der Waals surface area contributed by atoms with Gasteiger partial charge in [0.25, 0.3) is 0 Å². The molecule has 1 aromatic rings. The molecule has 0 spiro atoms. The Bertz CT molecular complexity index is 261. The largest absolute Gasteiger partial charge is 0.333 e. The maximum Gasteiger partial charge on any atom is 0.0948 e. The van der Waals surface area contributed by atoms with Crippen molar-refractivity contribution in [1.82, 2.24) is 15.0 Å². The molecule has 0 amide bonds. The maximum absolute atomic E-state index is 4.03. The van der Waals surface area contributed by atoms with Crippen LogP contribution in [0.1, 0.15) is 12.6 Å². The van der Waals surface area contributed by atoms with Crippen LogP contribution in [0.4, 0.5) is 0 Å². The Morgan fingerprint density at radius 1 is 1.73 bits per heavy atom. The summed E-state index contributed by atoms with van der Waals surface area (Å²) in [5.74, 6) is 0. The van der Waals surface area contributed by atoms with E-state index in [0.717, 1.165) is 11.4 Å². The Hall–Kier alpha value is -1.32. The second-order valence-electron chi connectivity index (χ2n) is 2.31. The normalized spacial score (nSPS) is 11.7. The molecule has 60 valence electrons. The molecule has 0 unspecified atom stereocenters. The molecule has 0 aliphatic carbocycles. The number of hydrazone groups is 1. The standard InChI is InChI=1S/C7H12N4/c1-6(10-8-2)7-4-9-5-11(7)3/h4-5,8H,1-3H3/b10-6+. The SMILES string of the molecule is CN/N=C(\C)c1cncn1C. The van der Waals surface area contributed by atoms with Gasteiger partial charge in [-0.2, -0.15) is 5.10 Å². The number of nitrogens with zero attached hydrogens (tertiary/aromatic N) is 3. The zero-order valence-electron chi connectivity index (χ0n) is 7.00. The van der Waals surface area contributed by atoms with E-state index in [1.54, 1.807) is 19.6 Å². The molecule has 1 N–H and O–H groups in total. The number of hydrogen-bond donors (Lipinski definition) is 1. The van der Waals surface area contributed by atoms with E-state index >= 15 is 0 Å². The second-order valence-corrected chi connectivity index (χ2v) is 2.31. The monoisotopic (exact) mass is 152 g/mol. The van der Waals surface area contributed by atoms with Gasteiger partial charge in [-0.25, -0.2) is 4.98 Å². The highest BCUT2D eigenvalue weighted by Gasteiger charge is 2.00. The number of aromatic nitrogens is 2. The molecular weight excluding hydrogens is 140 g/mol. The lowest BCUT2D eigenvalue weighted by molar-refractivity contribution is 0.873. The minimum absolute atomic E-state index is 0.938. The predicted molar refractivity (Wildman–Crippen MR) is 44.5 cm³/mol. The van der Waals surface area contributed by atoms with Gasteiger partial charge in [0, 0.05) is 14.1 Å². The quantitative estimate of drug-likeness (QED) is 0.491. The van der Waals surface area contributed by atoms with Gasteiger partial charge >= 0.3 is 0 Å². The van der Waals surface area contributed by atoms with Crippen LogP contribution in [-0.2, 0) is 7.05 Å². The summed E-state index contributed by atoms with van der Waals surface area (Å²) >= 11 is 0. The van der Waals surface area contributed by atoms with Gasteiger partial charge in [0.05, 0.1) is 23.9 Å². The second kappa shape index (κ2) is 3.18. The Balaban J connectivity index is 2.92. The van der Waals surface area contributed by atoms with Crippen LogP contribution in [0, 0.1) is 0 Å². The molecule has 0 saturated carbocycles. The summed E-state index contributed by atoms with van der Waals surface area (Å²) in [7, 11) is 3.72. The van der Waals surface area contributed by atoms with Crippen molar-refractivity contribution in [1.29, 1.82) is 0 Å². The summed E-state index contributed by atoms with van der Waals surface area (Å²) in [6.45, 7) is 1.94. The van der Waals surface area contributed by atoms with E-state index in [-0.39, 0.29) is 0 Å². The Labute approximate surface area is 65.9 Å². The molecular formula is C7H12N4. The van der Waals surface area contributed by atoms with Crippen molar-refractivity contribution in [2.45, 2.75) is 6.92 Å². The molecule has 0 aliphatic heterocycles. The molecule has 1 aromatic heterocycles. The first-order chi connectivity index (χ1) is 5.25. The van der Waals surface area contributed by atoms with Gasteiger partial charge in [-0.1, -0.05) is 0 Å². The molecule has 0 fully saturated rings. The maximum atomic E-state index is 4.03. The van der Waals surface area contributed by atoms with Crippen molar-refractivity contribution in [3.05, 3.63) is 18.2 Å². The minimum Gasteiger partial charge on any atom is -0.333 e. The predicted octanol–water partition coefficient (Wildman–Crippen LogP) is 0.363. The van der Waals surface area contributed by atoms with Crippen LogP contribution < -0.4 is 5.43 Å². The fraction of sp³-hybridized carbons (Fsp3) is 0.429. The van der Waals surface area contributed by atoms with E-state index in [9.17, 15) is 0 Å². The van der Waals surface area contributed by atoms with Gasteiger partial charge in [0.1, 0.15) is 0 Å². The van der Waals surface area contributed by atoms with Gasteiger partial charge in [0.15, 0.2) is 0 Å². The first kappa shape index (κ1) is 7.78. The Morgan fingerprint density at radius 3 is 2.91 bits per heavy atom. The van der Waals surface area contributed by atoms with Crippen LogP contribution in [0.5, 0.6) is 0 Å². The Morgan fingerprint density at radius 2 is 2.45 bits per heavy atom. The van der Waals surface area contributed by atoms with E-state index in [2.05, 4.69) is 15.5 Å². The molecule has 0 saturated heterocycles. The zero-order chi connectivity index (χ0) is 8.27. The van der Waals surface area contributed by atoms with Gasteiger partial charge in [-0.15, -0.1) is 0 Å². The van der Waals surface area contributed by atoms with Gasteiger partial charge < -0.3 is 9.99 Å². The number of imidazole rings is 1. The summed E-state index contributed by atoms with van der Waals surface area (Å²) < 4.78 is 1.93. The van der Waals surface area contributed by atoms with Crippen LogP contribution >= 0.6 is 0 Å². The zero-order valence-corrected chi connectivity index (χ0v) is 7.00. The van der Waals surface area contributed by atoms with Crippen molar-refractivity contribution in [2.75, 3.05) is 7.05 Å². The Kier molecular flexibility index (Phi) is 2.25. The molecule has 0 aromatic carbocycles. The van der Waals surface area contributed by atoms with E-state index in [1.165, 1.54) is 0 Å². The topological polar surface area (TPSA) is 42.2 Å². The number of hydrogen-bond acceptors (Lipinski definition) is 3. The molecule has 4 nitrogen and oxygen atoms in total. The molecule has 0 aliphatic rings. The van der Waals surface area contributed by atoms with Crippen molar-refractivity contribution in [3.63, 3.8) is 0 Å². The van der Waals surface area contributed by atoms with Gasteiger partial charge in [-0.3, -0.25) is 0 Å². The number of nitrogens with one attached hydrogen (secondary N) is 1. The molecule has 4 heteroatoms. The highest BCUT2D eigenvalue weighted by atomic mass is 15.3. The van der Waals surface area contributed by atoms with Gasteiger partial charge in [-0.05, 0) is 6.92 Å². The van der Waals surface area contributed by atoms with Crippen molar-refractivity contribution in [2.24, 2.45) is 12.1 Å². The summed E-state index contributed by atoms with van der Waals surface area (Å²) in [5, 5.41) is 4.03. The third kappa shape index (κ3) is 1.58. The summed E-state index contributed by atoms with van der Waals surface area (Å²) in [5.41, 5.74) is 4.69. The van der Waals surface area contributed by atoms with E-state index in [4.69, 9.17) is 0 Å². The van der Waals surface area contributed by atoms with Gasteiger partial charge in [0.2, 0.25) is 0 Å². The van der Waals surface area contributed by atoms with Crippen molar-refractivity contribution < 1.29 is 0 Å². The molecule has 0 bridgehead atoms. The molecule has 0 radical (unpaired) electrons. The van der Waals surface area contributed by atoms with E-state index in [0.29, 0.717) is 0 Å². The van der Waals surface area contributed by atoms with Crippen LogP contribution in [0.2, 0.25) is 0 Å². The van der Waals surface area contributed by atoms with Crippen LogP contribution in [0.3, 0.4) is 0 Å². The van der Waals surface area contributed by atoms with Crippen molar-refractivity contribution >= 4 is 5.71 Å². The minimum atomic E-state index is 0.938. The summed E-state index contributed by atoms with van der Waals surface area (Å²) in [6, 6.07) is 0. The summed E-state index contributed by atoms with van der Waals surface area (Å²) in [4.78, 5) is 3.98. The van der Waals surface area contributed by atoms with Crippen molar-refractivity contribution in [3.8, 4) is 0 Å². The fourth-order valence-corrected chi connectivity index (χ4v) is 0.931. The molecule has 1 rings (SSSR count). The average Bonchev–Trinajstić information content (AvgIpc) is 2.36. The number of rotatable bonds is 2. The molecule has 0 atom stereocenters. The lowest BCUT2D eigenvalue weighted by Crippen LogP contribution is -2.06. The highest BCUT2D eigenvalue weighted by molar-refractivity contribution is 5.96. The molecule has 1 heterocycles. The average molecular weight is 152 g/mol. The first-order valence-corrected chi connectivity index (χ1v) is 3.43.